The summed E-state index contributed by atoms with van der Waals surface area (Å²) in [7, 11) is -3.14. The third-order valence-electron chi connectivity index (χ3n) is 9.48. The number of carbonyl (C=O) groups excluding carboxylic acids is 1. The van der Waals surface area contributed by atoms with Crippen molar-refractivity contribution >= 4 is 26.8 Å². The van der Waals surface area contributed by atoms with Gasteiger partial charge < -0.3 is 4.90 Å². The number of hydrogen-bond donors (Lipinski definition) is 0. The maximum atomic E-state index is 14.4. The van der Waals surface area contributed by atoms with Crippen LogP contribution in [-0.4, -0.2) is 76.6 Å². The maximum Gasteiger partial charge on any atom is 0.254 e. The summed E-state index contributed by atoms with van der Waals surface area (Å²) in [6.07, 6.45) is 1.42. The lowest BCUT2D eigenvalue weighted by Crippen LogP contribution is -2.50. The van der Waals surface area contributed by atoms with Gasteiger partial charge in [-0.15, -0.1) is 0 Å². The molecule has 0 bridgehead atoms. The lowest BCUT2D eigenvalue weighted by atomic mass is 9.96. The van der Waals surface area contributed by atoms with E-state index >= 15 is 0 Å². The highest BCUT2D eigenvalue weighted by Gasteiger charge is 2.34. The van der Waals surface area contributed by atoms with Crippen LogP contribution in [0, 0.1) is 6.92 Å². The third kappa shape index (κ3) is 5.85. The maximum absolute atomic E-state index is 14.4. The first kappa shape index (κ1) is 30.3. The van der Waals surface area contributed by atoms with Crippen molar-refractivity contribution in [1.29, 1.82) is 0 Å². The number of sulfone groups is 1. The van der Waals surface area contributed by atoms with E-state index in [0.717, 1.165) is 25.1 Å². The Labute approximate surface area is 270 Å². The van der Waals surface area contributed by atoms with Gasteiger partial charge in [0.15, 0.2) is 15.5 Å². The lowest BCUT2D eigenvalue weighted by molar-refractivity contribution is 0.0599. The quantitative estimate of drug-likeness (QED) is 0.223. The molecule has 0 spiro atoms. The van der Waals surface area contributed by atoms with Gasteiger partial charge in [-0.2, -0.15) is 5.10 Å². The number of pyridine rings is 1. The number of aromatic nitrogens is 3. The second-order valence-electron chi connectivity index (χ2n) is 12.4. The number of amides is 1. The largest absolute Gasteiger partial charge is 0.336 e. The lowest BCUT2D eigenvalue weighted by Gasteiger charge is -2.40. The first-order valence-electron chi connectivity index (χ1n) is 16.1. The number of rotatable bonds is 7. The van der Waals surface area contributed by atoms with Gasteiger partial charge in [0.25, 0.3) is 5.91 Å². The van der Waals surface area contributed by atoms with Crippen LogP contribution >= 0.6 is 0 Å². The number of fused-ring (bicyclic) bond motifs is 1. The number of nitrogens with zero attached hydrogens (tertiary/aromatic N) is 5. The SMILES string of the molecule is CCc1ccc(-c2cc(C(=O)N3CCN(C(c4ccccc4)c4ccccc4)CC3)c3c(C)nn(C4CCS(=O)(=O)C4)c3n2)cc1. The molecular weight excluding hydrogens is 595 g/mol. The van der Waals surface area contributed by atoms with Crippen molar-refractivity contribution in [3.05, 3.63) is 119 Å². The first-order valence-corrected chi connectivity index (χ1v) is 18.0. The number of hydrogen-bond acceptors (Lipinski definition) is 6. The summed E-state index contributed by atoms with van der Waals surface area (Å²) >= 11 is 0. The van der Waals surface area contributed by atoms with Crippen LogP contribution in [0.4, 0.5) is 0 Å². The highest BCUT2D eigenvalue weighted by atomic mass is 32.2. The van der Waals surface area contributed by atoms with Gasteiger partial charge in [0.1, 0.15) is 0 Å². The minimum absolute atomic E-state index is 0.0373. The minimum atomic E-state index is -3.14. The smallest absolute Gasteiger partial charge is 0.254 e. The van der Waals surface area contributed by atoms with E-state index in [1.54, 1.807) is 4.68 Å². The molecule has 1 amide bonds. The van der Waals surface area contributed by atoms with Gasteiger partial charge in [-0.25, -0.2) is 18.1 Å². The Bertz CT molecular complexity index is 1930. The Morgan fingerprint density at radius 3 is 2.09 bits per heavy atom. The third-order valence-corrected chi connectivity index (χ3v) is 11.2. The molecule has 236 valence electrons. The molecule has 3 aromatic carbocycles. The molecule has 2 aliphatic heterocycles. The molecule has 46 heavy (non-hydrogen) atoms. The second kappa shape index (κ2) is 12.5. The zero-order valence-corrected chi connectivity index (χ0v) is 27.2. The van der Waals surface area contributed by atoms with Crippen molar-refractivity contribution in [1.82, 2.24) is 24.6 Å². The van der Waals surface area contributed by atoms with Crippen molar-refractivity contribution in [3.8, 4) is 11.3 Å². The van der Waals surface area contributed by atoms with Crippen molar-refractivity contribution in [2.24, 2.45) is 0 Å². The number of benzene rings is 3. The van der Waals surface area contributed by atoms with Gasteiger partial charge in [-0.3, -0.25) is 9.69 Å². The highest BCUT2D eigenvalue weighted by molar-refractivity contribution is 7.91. The molecule has 1 unspecified atom stereocenters. The predicted octanol–water partition coefficient (Wildman–Crippen LogP) is 5.88. The molecule has 2 aromatic heterocycles. The molecule has 7 rings (SSSR count). The molecule has 2 aliphatic rings. The minimum Gasteiger partial charge on any atom is -0.336 e. The van der Waals surface area contributed by atoms with E-state index in [0.29, 0.717) is 47.5 Å². The van der Waals surface area contributed by atoms with Crippen LogP contribution < -0.4 is 0 Å². The normalized spacial score (nSPS) is 18.4. The number of piperazine rings is 1. The molecule has 5 aromatic rings. The van der Waals surface area contributed by atoms with Crippen molar-refractivity contribution in [2.45, 2.75) is 38.8 Å². The van der Waals surface area contributed by atoms with E-state index < -0.39 is 9.84 Å². The van der Waals surface area contributed by atoms with E-state index in [1.165, 1.54) is 16.7 Å². The summed E-state index contributed by atoms with van der Waals surface area (Å²) in [6, 6.07) is 31.1. The van der Waals surface area contributed by atoms with Crippen LogP contribution in [0.25, 0.3) is 22.3 Å². The molecule has 0 saturated carbocycles. The van der Waals surface area contributed by atoms with Gasteiger partial charge in [-0.1, -0.05) is 91.9 Å². The molecule has 2 saturated heterocycles. The van der Waals surface area contributed by atoms with E-state index in [-0.39, 0.29) is 29.5 Å². The molecule has 0 aliphatic carbocycles. The van der Waals surface area contributed by atoms with Gasteiger partial charge in [0, 0.05) is 31.7 Å². The van der Waals surface area contributed by atoms with Gasteiger partial charge in [-0.05, 0) is 42.5 Å². The average molecular weight is 634 g/mol. The standard InChI is InChI=1S/C37H39N5O3S/c1-3-27-14-16-28(17-15-27)33-24-32(34-26(2)39-42(36(34)38-33)31-18-23-46(44,45)25-31)37(43)41-21-19-40(20-22-41)35(29-10-6-4-7-11-29)30-12-8-5-9-13-30/h4-17,24,31,35H,3,18-23,25H2,1-2H3. The Morgan fingerprint density at radius 1 is 0.891 bits per heavy atom. The molecule has 2 fully saturated rings. The van der Waals surface area contributed by atoms with Crippen molar-refractivity contribution in [3.63, 3.8) is 0 Å². The average Bonchev–Trinajstić information content (AvgIpc) is 3.63. The van der Waals surface area contributed by atoms with E-state index in [2.05, 4.69) is 72.5 Å². The topological polar surface area (TPSA) is 88.4 Å². The van der Waals surface area contributed by atoms with Crippen LogP contribution in [0.3, 0.4) is 0 Å². The van der Waals surface area contributed by atoms with Gasteiger partial charge >= 0.3 is 0 Å². The zero-order chi connectivity index (χ0) is 31.8. The van der Waals surface area contributed by atoms with Gasteiger partial charge in [0.05, 0.1) is 45.9 Å². The van der Waals surface area contributed by atoms with Crippen molar-refractivity contribution in [2.75, 3.05) is 37.7 Å². The Kier molecular flexibility index (Phi) is 8.21. The fraction of sp³-hybridized carbons (Fsp3) is 0.324. The molecule has 0 radical (unpaired) electrons. The molecule has 1 atom stereocenters. The molecule has 4 heterocycles. The monoisotopic (exact) mass is 633 g/mol. The van der Waals surface area contributed by atoms with E-state index in [4.69, 9.17) is 10.1 Å². The van der Waals surface area contributed by atoms with E-state index in [1.807, 2.05) is 42.2 Å². The molecule has 9 heteroatoms. The van der Waals surface area contributed by atoms with Crippen molar-refractivity contribution < 1.29 is 13.2 Å². The highest BCUT2D eigenvalue weighted by Crippen LogP contribution is 2.34. The summed E-state index contributed by atoms with van der Waals surface area (Å²) in [5.74, 6) is 0.130. The van der Waals surface area contributed by atoms with E-state index in [9.17, 15) is 13.2 Å². The fourth-order valence-corrected chi connectivity index (χ4v) is 8.69. The van der Waals surface area contributed by atoms with Crippen LogP contribution in [0.2, 0.25) is 0 Å². The fourth-order valence-electron chi connectivity index (χ4n) is 7.00. The first-order chi connectivity index (χ1) is 22.3. The Balaban J connectivity index is 1.23. The number of carbonyl (C=O) groups is 1. The van der Waals surface area contributed by atoms with Crippen LogP contribution in [0.1, 0.15) is 58.2 Å². The summed E-state index contributed by atoms with van der Waals surface area (Å²) < 4.78 is 26.6. The Morgan fingerprint density at radius 2 is 1.52 bits per heavy atom. The van der Waals surface area contributed by atoms with Crippen LogP contribution in [-0.2, 0) is 16.3 Å². The summed E-state index contributed by atoms with van der Waals surface area (Å²) in [5, 5.41) is 5.51. The molecule has 8 nitrogen and oxygen atoms in total. The summed E-state index contributed by atoms with van der Waals surface area (Å²) in [5.41, 5.74) is 7.13. The zero-order valence-electron chi connectivity index (χ0n) is 26.3. The summed E-state index contributed by atoms with van der Waals surface area (Å²) in [4.78, 5) is 23.9. The molecule has 0 N–H and O–H groups in total. The summed E-state index contributed by atoms with van der Waals surface area (Å²) in [6.45, 7) is 6.66. The van der Waals surface area contributed by atoms with Gasteiger partial charge in [0.2, 0.25) is 0 Å². The Hall–Kier alpha value is -4.34. The predicted molar refractivity (Wildman–Crippen MR) is 182 cm³/mol. The number of aryl methyl sites for hydroxylation is 2. The van der Waals surface area contributed by atoms with Crippen LogP contribution in [0.5, 0.6) is 0 Å². The van der Waals surface area contributed by atoms with Crippen LogP contribution in [0.15, 0.2) is 91.0 Å². The molecular formula is C37H39N5O3S. The second-order valence-corrected chi connectivity index (χ2v) is 14.7.